The van der Waals surface area contributed by atoms with Gasteiger partial charge in [-0.2, -0.15) is 0 Å². The minimum atomic E-state index is -3.28. The van der Waals surface area contributed by atoms with Crippen LogP contribution in [0.4, 0.5) is 0 Å². The monoisotopic (exact) mass is 359 g/mol. The lowest BCUT2D eigenvalue weighted by molar-refractivity contribution is 0.0683. The van der Waals surface area contributed by atoms with E-state index in [1.54, 1.807) is 12.1 Å². The van der Waals surface area contributed by atoms with Crippen LogP contribution in [-0.2, 0) is 9.84 Å². The number of likely N-dealkylation sites (tertiary alicyclic amines) is 1. The summed E-state index contributed by atoms with van der Waals surface area (Å²) in [5, 5.41) is 0. The quantitative estimate of drug-likeness (QED) is 0.815. The van der Waals surface area contributed by atoms with Crippen molar-refractivity contribution in [2.75, 3.05) is 19.3 Å². The molecule has 1 aliphatic heterocycles. The molecule has 0 spiro atoms. The zero-order valence-electron chi connectivity index (χ0n) is 11.6. The molecule has 0 bridgehead atoms. The van der Waals surface area contributed by atoms with Gasteiger partial charge in [-0.05, 0) is 52.9 Å². The van der Waals surface area contributed by atoms with Crippen molar-refractivity contribution in [2.45, 2.75) is 24.7 Å². The molecule has 110 valence electrons. The van der Waals surface area contributed by atoms with E-state index in [0.717, 1.165) is 32.2 Å². The Morgan fingerprint density at radius 1 is 1.40 bits per heavy atom. The summed E-state index contributed by atoms with van der Waals surface area (Å²) in [6.07, 6.45) is 3.33. The highest BCUT2D eigenvalue weighted by Gasteiger charge is 2.23. The molecule has 6 heteroatoms. The van der Waals surface area contributed by atoms with Crippen molar-refractivity contribution in [3.63, 3.8) is 0 Å². The minimum Gasteiger partial charge on any atom is -0.338 e. The molecule has 2 rings (SSSR count). The normalized spacial score (nSPS) is 19.9. The molecular formula is C14H18BrNO3S. The van der Waals surface area contributed by atoms with Gasteiger partial charge in [0.15, 0.2) is 9.84 Å². The summed E-state index contributed by atoms with van der Waals surface area (Å²) in [4.78, 5) is 14.5. The highest BCUT2D eigenvalue weighted by Crippen LogP contribution is 2.25. The van der Waals surface area contributed by atoms with Crippen LogP contribution in [0.3, 0.4) is 0 Å². The zero-order chi connectivity index (χ0) is 14.9. The van der Waals surface area contributed by atoms with Gasteiger partial charge in [0.05, 0.1) is 4.90 Å². The largest absolute Gasteiger partial charge is 0.338 e. The zero-order valence-corrected chi connectivity index (χ0v) is 14.0. The van der Waals surface area contributed by atoms with Crippen molar-refractivity contribution in [2.24, 2.45) is 5.92 Å². The molecule has 1 fully saturated rings. The number of hydrogen-bond donors (Lipinski definition) is 0. The van der Waals surface area contributed by atoms with Crippen molar-refractivity contribution in [3.05, 3.63) is 28.2 Å². The Balaban J connectivity index is 2.25. The maximum atomic E-state index is 12.4. The topological polar surface area (TPSA) is 54.5 Å². The molecule has 1 aromatic carbocycles. The van der Waals surface area contributed by atoms with Gasteiger partial charge in [-0.25, -0.2) is 8.42 Å². The second-order valence-electron chi connectivity index (χ2n) is 5.42. The van der Waals surface area contributed by atoms with Crippen molar-refractivity contribution >= 4 is 31.7 Å². The van der Waals surface area contributed by atoms with E-state index < -0.39 is 9.84 Å². The van der Waals surface area contributed by atoms with Crippen LogP contribution in [0.25, 0.3) is 0 Å². The average Bonchev–Trinajstić information content (AvgIpc) is 2.36. The molecule has 20 heavy (non-hydrogen) atoms. The third kappa shape index (κ3) is 3.41. The summed E-state index contributed by atoms with van der Waals surface area (Å²) >= 11 is 3.24. The van der Waals surface area contributed by atoms with Gasteiger partial charge < -0.3 is 4.90 Å². The number of piperidine rings is 1. The maximum absolute atomic E-state index is 12.4. The number of benzene rings is 1. The number of amides is 1. The van der Waals surface area contributed by atoms with Gasteiger partial charge in [-0.15, -0.1) is 0 Å². The van der Waals surface area contributed by atoms with Gasteiger partial charge in [0.1, 0.15) is 0 Å². The molecule has 4 nitrogen and oxygen atoms in total. The first-order valence-electron chi connectivity index (χ1n) is 6.58. The molecule has 0 aliphatic carbocycles. The average molecular weight is 360 g/mol. The van der Waals surface area contributed by atoms with Gasteiger partial charge in [0, 0.05) is 29.4 Å². The Morgan fingerprint density at radius 3 is 2.65 bits per heavy atom. The van der Waals surface area contributed by atoms with E-state index in [0.29, 0.717) is 16.0 Å². The Bertz CT molecular complexity index is 627. The second-order valence-corrected chi connectivity index (χ2v) is 8.25. The first-order chi connectivity index (χ1) is 9.29. The minimum absolute atomic E-state index is 0.0303. The molecule has 1 unspecified atom stereocenters. The molecule has 0 aromatic heterocycles. The number of carbonyl (C=O) groups excluding carboxylic acids is 1. The van der Waals surface area contributed by atoms with Gasteiger partial charge in [-0.3, -0.25) is 4.79 Å². The van der Waals surface area contributed by atoms with E-state index in [1.807, 2.05) is 4.90 Å². The lowest BCUT2D eigenvalue weighted by Gasteiger charge is -2.31. The SMILES string of the molecule is CC1CCCN(C(=O)c2ccc(S(C)(=O)=O)c(Br)c2)C1. The lowest BCUT2D eigenvalue weighted by Crippen LogP contribution is -2.39. The molecule has 0 saturated carbocycles. The Hall–Kier alpha value is -0.880. The van der Waals surface area contributed by atoms with Crippen molar-refractivity contribution in [1.82, 2.24) is 4.90 Å². The van der Waals surface area contributed by atoms with E-state index >= 15 is 0 Å². The van der Waals surface area contributed by atoms with Crippen LogP contribution < -0.4 is 0 Å². The van der Waals surface area contributed by atoms with Gasteiger partial charge in [-0.1, -0.05) is 6.92 Å². The third-order valence-electron chi connectivity index (χ3n) is 3.52. The number of rotatable bonds is 2. The molecule has 1 heterocycles. The first kappa shape index (κ1) is 15.5. The molecule has 1 aromatic rings. The summed E-state index contributed by atoms with van der Waals surface area (Å²) in [7, 11) is -3.28. The highest BCUT2D eigenvalue weighted by atomic mass is 79.9. The van der Waals surface area contributed by atoms with Crippen molar-refractivity contribution in [3.8, 4) is 0 Å². The molecule has 1 aliphatic rings. The molecule has 0 radical (unpaired) electrons. The van der Waals surface area contributed by atoms with Crippen LogP contribution >= 0.6 is 15.9 Å². The number of sulfone groups is 1. The first-order valence-corrected chi connectivity index (χ1v) is 9.26. The smallest absolute Gasteiger partial charge is 0.253 e. The lowest BCUT2D eigenvalue weighted by atomic mass is 9.99. The second kappa shape index (κ2) is 5.85. The number of nitrogens with zero attached hydrogens (tertiary/aromatic N) is 1. The Kier molecular flexibility index (Phi) is 4.54. The van der Waals surface area contributed by atoms with E-state index in [9.17, 15) is 13.2 Å². The predicted molar refractivity (Wildman–Crippen MR) is 81.6 cm³/mol. The summed E-state index contributed by atoms with van der Waals surface area (Å²) in [5.41, 5.74) is 0.526. The van der Waals surface area contributed by atoms with Crippen molar-refractivity contribution in [1.29, 1.82) is 0 Å². The fourth-order valence-electron chi connectivity index (χ4n) is 2.49. The summed E-state index contributed by atoms with van der Waals surface area (Å²) in [6, 6.07) is 4.67. The van der Waals surface area contributed by atoms with Crippen LogP contribution in [0.15, 0.2) is 27.6 Å². The maximum Gasteiger partial charge on any atom is 0.253 e. The predicted octanol–water partition coefficient (Wildman–Crippen LogP) is 2.72. The van der Waals surface area contributed by atoms with Gasteiger partial charge >= 0.3 is 0 Å². The van der Waals surface area contributed by atoms with Crippen molar-refractivity contribution < 1.29 is 13.2 Å². The molecule has 1 amide bonds. The van der Waals surface area contributed by atoms with E-state index in [4.69, 9.17) is 0 Å². The number of hydrogen-bond acceptors (Lipinski definition) is 3. The number of carbonyl (C=O) groups is 1. The Morgan fingerprint density at radius 2 is 2.10 bits per heavy atom. The van der Waals surface area contributed by atoms with Crippen LogP contribution in [0.2, 0.25) is 0 Å². The van der Waals surface area contributed by atoms with Gasteiger partial charge in [0.2, 0.25) is 0 Å². The molecule has 0 N–H and O–H groups in total. The van der Waals surface area contributed by atoms with Crippen LogP contribution in [0, 0.1) is 5.92 Å². The highest BCUT2D eigenvalue weighted by molar-refractivity contribution is 9.10. The molecule has 1 saturated heterocycles. The van der Waals surface area contributed by atoms with Crippen LogP contribution in [0.5, 0.6) is 0 Å². The van der Waals surface area contributed by atoms with E-state index in [2.05, 4.69) is 22.9 Å². The number of halogens is 1. The third-order valence-corrected chi connectivity index (χ3v) is 5.60. The fraction of sp³-hybridized carbons (Fsp3) is 0.500. The van der Waals surface area contributed by atoms with Crippen LogP contribution in [0.1, 0.15) is 30.1 Å². The fourth-order valence-corrected chi connectivity index (χ4v) is 4.48. The van der Waals surface area contributed by atoms with Gasteiger partial charge in [0.25, 0.3) is 5.91 Å². The van der Waals surface area contributed by atoms with Crippen LogP contribution in [-0.4, -0.2) is 38.6 Å². The van der Waals surface area contributed by atoms with E-state index in [-0.39, 0.29) is 10.8 Å². The van der Waals surface area contributed by atoms with E-state index in [1.165, 1.54) is 6.07 Å². The Labute approximate surface area is 128 Å². The summed E-state index contributed by atoms with van der Waals surface area (Å²) < 4.78 is 23.5. The summed E-state index contributed by atoms with van der Waals surface area (Å²) in [5.74, 6) is 0.490. The molecular weight excluding hydrogens is 342 g/mol. The molecule has 1 atom stereocenters. The summed E-state index contributed by atoms with van der Waals surface area (Å²) in [6.45, 7) is 3.68. The standard InChI is InChI=1S/C14H18BrNO3S/c1-10-4-3-7-16(9-10)14(17)11-5-6-13(12(15)8-11)20(2,18)19/h5-6,8,10H,3-4,7,9H2,1-2H3.